The van der Waals surface area contributed by atoms with Crippen LogP contribution in [-0.4, -0.2) is 13.2 Å². The molecule has 0 aromatic rings. The fourth-order valence-electron chi connectivity index (χ4n) is 0.186. The molecule has 0 spiro atoms. The van der Waals surface area contributed by atoms with Gasteiger partial charge in [-0.1, -0.05) is 12.7 Å². The third-order valence-corrected chi connectivity index (χ3v) is 0.418. The van der Waals surface area contributed by atoms with E-state index in [2.05, 4.69) is 0 Å². The van der Waals surface area contributed by atoms with E-state index in [1.54, 1.807) is 0 Å². The Bertz CT molecular complexity index is 32.9. The molecular formula is C5H9O. The third-order valence-electron chi connectivity index (χ3n) is 0.418. The highest BCUT2D eigenvalue weighted by molar-refractivity contribution is 4.58. The zero-order chi connectivity index (χ0) is 4.83. The fourth-order valence-corrected chi connectivity index (χ4v) is 0.186. The molecule has 1 nitrogen and oxygen atoms in total. The lowest BCUT2D eigenvalue weighted by molar-refractivity contribution is 0.177. The van der Waals surface area contributed by atoms with Crippen LogP contribution in [0.2, 0.25) is 0 Å². The molecule has 0 aliphatic heterocycles. The maximum atomic E-state index is 4.96. The second kappa shape index (κ2) is 4.70. The summed E-state index contributed by atoms with van der Waals surface area (Å²) < 4.78 is 4.80. The van der Waals surface area contributed by atoms with Crippen LogP contribution < -0.4 is 0 Å². The molecule has 0 N–H and O–H groups in total. The molecule has 0 aromatic carbocycles. The molecule has 0 amide bonds. The highest BCUT2D eigenvalue weighted by Crippen LogP contribution is 1.68. The Balaban J connectivity index is 2.49. The maximum absolute atomic E-state index is 4.96. The van der Waals surface area contributed by atoms with E-state index in [1.165, 1.54) is 6.08 Å². The van der Waals surface area contributed by atoms with Crippen LogP contribution in [0.5, 0.6) is 0 Å². The molecule has 0 aliphatic rings. The average molecular weight is 85.1 g/mol. The van der Waals surface area contributed by atoms with Crippen molar-refractivity contribution in [3.63, 3.8) is 0 Å². The second-order valence-corrected chi connectivity index (χ2v) is 0.895. The van der Waals surface area contributed by atoms with Crippen molar-refractivity contribution in [3.8, 4) is 0 Å². The fraction of sp³-hybridized carbons (Fsp3) is 0.600. The molecule has 0 heterocycles. The number of ether oxygens (including phenoxy) is 1. The predicted octanol–water partition coefficient (Wildman–Crippen LogP) is 1.01. The molecule has 0 saturated carbocycles. The first kappa shape index (κ1) is 5.70. The topological polar surface area (TPSA) is 9.23 Å². The minimum Gasteiger partial charge on any atom is -0.378 e. The van der Waals surface area contributed by atoms with Crippen molar-refractivity contribution in [2.45, 2.75) is 6.92 Å². The molecule has 0 saturated heterocycles. The zero-order valence-electron chi connectivity index (χ0n) is 3.98. The van der Waals surface area contributed by atoms with Gasteiger partial charge in [-0.05, 0) is 6.92 Å². The Morgan fingerprint density at radius 2 is 2.50 bits per heavy atom. The molecule has 0 rings (SSSR count). The van der Waals surface area contributed by atoms with E-state index in [4.69, 9.17) is 11.3 Å². The molecule has 0 atom stereocenters. The van der Waals surface area contributed by atoms with Gasteiger partial charge in [0, 0.05) is 6.61 Å². The van der Waals surface area contributed by atoms with Crippen molar-refractivity contribution < 1.29 is 4.74 Å². The number of rotatable bonds is 3. The van der Waals surface area contributed by atoms with Crippen molar-refractivity contribution in [2.24, 2.45) is 0 Å². The van der Waals surface area contributed by atoms with Crippen LogP contribution in [0.15, 0.2) is 6.08 Å². The van der Waals surface area contributed by atoms with Gasteiger partial charge in [-0.2, -0.15) is 0 Å². The third kappa shape index (κ3) is 3.70. The average Bonchev–Trinajstić information content (AvgIpc) is 1.61. The van der Waals surface area contributed by atoms with Gasteiger partial charge in [0.15, 0.2) is 0 Å². The molecule has 1 radical (unpaired) electrons. The van der Waals surface area contributed by atoms with Crippen LogP contribution >= 0.6 is 0 Å². The summed E-state index contributed by atoms with van der Waals surface area (Å²) >= 11 is 0. The summed E-state index contributed by atoms with van der Waals surface area (Å²) in [6.45, 7) is 8.21. The lowest BCUT2D eigenvalue weighted by Crippen LogP contribution is -1.86. The zero-order valence-corrected chi connectivity index (χ0v) is 3.98. The molecule has 0 bridgehead atoms. The Morgan fingerprint density at radius 3 is 2.67 bits per heavy atom. The normalized spacial score (nSPS) is 8.17. The van der Waals surface area contributed by atoms with E-state index >= 15 is 0 Å². The van der Waals surface area contributed by atoms with Crippen LogP contribution in [0.25, 0.3) is 0 Å². The van der Waals surface area contributed by atoms with Gasteiger partial charge < -0.3 is 4.74 Å². The molecule has 0 aliphatic carbocycles. The van der Waals surface area contributed by atoms with Crippen molar-refractivity contribution in [2.75, 3.05) is 13.2 Å². The summed E-state index contributed by atoms with van der Waals surface area (Å²) in [5.74, 6) is 0. The Kier molecular flexibility index (Phi) is 4.46. The van der Waals surface area contributed by atoms with Gasteiger partial charge >= 0.3 is 0 Å². The number of hydrogen-bond donors (Lipinski definition) is 0. The van der Waals surface area contributed by atoms with E-state index < -0.39 is 0 Å². The quantitative estimate of drug-likeness (QED) is 0.465. The van der Waals surface area contributed by atoms with Gasteiger partial charge in [-0.3, -0.25) is 0 Å². The second-order valence-electron chi connectivity index (χ2n) is 0.895. The largest absolute Gasteiger partial charge is 0.378 e. The van der Waals surface area contributed by atoms with E-state index in [1.807, 2.05) is 6.92 Å². The molecule has 6 heavy (non-hydrogen) atoms. The lowest BCUT2D eigenvalue weighted by atomic mass is 10.7. The van der Waals surface area contributed by atoms with Gasteiger partial charge in [-0.25, -0.2) is 0 Å². The molecular weight excluding hydrogens is 76.1 g/mol. The predicted molar refractivity (Wildman–Crippen MR) is 25.4 cm³/mol. The minimum absolute atomic E-state index is 0.566. The monoisotopic (exact) mass is 85.1 g/mol. The summed E-state index contributed by atoms with van der Waals surface area (Å²) in [6.07, 6.45) is 1.49. The highest BCUT2D eigenvalue weighted by atomic mass is 16.5. The summed E-state index contributed by atoms with van der Waals surface area (Å²) in [7, 11) is 0. The summed E-state index contributed by atoms with van der Waals surface area (Å²) in [5, 5.41) is 0. The minimum atomic E-state index is 0.566. The molecule has 0 unspecified atom stereocenters. The van der Waals surface area contributed by atoms with Crippen molar-refractivity contribution in [1.29, 1.82) is 0 Å². The standard InChI is InChI=1S/C5H9O/c1-3-5-6-4-2/h1,3H,4-5H2,2H3. The summed E-state index contributed by atoms with van der Waals surface area (Å²) in [5.41, 5.74) is 0. The van der Waals surface area contributed by atoms with Crippen LogP contribution in [0.4, 0.5) is 0 Å². The van der Waals surface area contributed by atoms with E-state index in [-0.39, 0.29) is 0 Å². The van der Waals surface area contributed by atoms with Crippen molar-refractivity contribution >= 4 is 0 Å². The maximum Gasteiger partial charge on any atom is 0.0650 e. The van der Waals surface area contributed by atoms with Crippen LogP contribution in [-0.2, 0) is 4.74 Å². The van der Waals surface area contributed by atoms with Gasteiger partial charge in [-0.15, -0.1) is 0 Å². The molecule has 0 aromatic heterocycles. The van der Waals surface area contributed by atoms with Crippen LogP contribution in [0.1, 0.15) is 6.92 Å². The highest BCUT2D eigenvalue weighted by Gasteiger charge is 1.68. The first-order valence-electron chi connectivity index (χ1n) is 2.03. The first-order valence-corrected chi connectivity index (χ1v) is 2.03. The Labute approximate surface area is 38.6 Å². The SMILES string of the molecule is [CH]=CCOCC. The Morgan fingerprint density at radius 1 is 1.83 bits per heavy atom. The summed E-state index contributed by atoms with van der Waals surface area (Å²) in [4.78, 5) is 0. The van der Waals surface area contributed by atoms with Crippen molar-refractivity contribution in [1.82, 2.24) is 0 Å². The molecule has 1 heteroatoms. The van der Waals surface area contributed by atoms with E-state index in [9.17, 15) is 0 Å². The van der Waals surface area contributed by atoms with E-state index in [0.717, 1.165) is 6.61 Å². The van der Waals surface area contributed by atoms with Crippen LogP contribution in [0, 0.1) is 6.58 Å². The molecule has 0 fully saturated rings. The van der Waals surface area contributed by atoms with Gasteiger partial charge in [0.1, 0.15) is 0 Å². The van der Waals surface area contributed by atoms with Gasteiger partial charge in [0.25, 0.3) is 0 Å². The Hall–Kier alpha value is -0.300. The van der Waals surface area contributed by atoms with Crippen LogP contribution in [0.3, 0.4) is 0 Å². The number of hydrogen-bond acceptors (Lipinski definition) is 1. The van der Waals surface area contributed by atoms with Gasteiger partial charge in [0.05, 0.1) is 6.61 Å². The summed E-state index contributed by atoms with van der Waals surface area (Å²) in [6, 6.07) is 0. The molecule has 35 valence electrons. The smallest absolute Gasteiger partial charge is 0.0650 e. The first-order chi connectivity index (χ1) is 2.91. The lowest BCUT2D eigenvalue weighted by Gasteiger charge is -1.88. The van der Waals surface area contributed by atoms with E-state index in [0.29, 0.717) is 6.61 Å². The van der Waals surface area contributed by atoms with Crippen molar-refractivity contribution in [3.05, 3.63) is 12.7 Å². The van der Waals surface area contributed by atoms with Gasteiger partial charge in [0.2, 0.25) is 0 Å².